The molecule has 0 amide bonds. The molecular formula is C13H25NO3. The monoisotopic (exact) mass is 243 g/mol. The topological polar surface area (TPSA) is 49.8 Å². The molecule has 100 valence electrons. The van der Waals surface area contributed by atoms with Crippen LogP contribution in [0.1, 0.15) is 40.5 Å². The molecule has 0 aromatic carbocycles. The van der Waals surface area contributed by atoms with Gasteiger partial charge in [-0.15, -0.1) is 0 Å². The molecule has 0 bridgehead atoms. The van der Waals surface area contributed by atoms with E-state index >= 15 is 0 Å². The van der Waals surface area contributed by atoms with E-state index in [2.05, 4.69) is 4.90 Å². The molecule has 1 aliphatic heterocycles. The lowest BCUT2D eigenvalue weighted by Crippen LogP contribution is -2.42. The van der Waals surface area contributed by atoms with Crippen molar-refractivity contribution in [3.8, 4) is 0 Å². The molecule has 17 heavy (non-hydrogen) atoms. The zero-order valence-electron chi connectivity index (χ0n) is 11.4. The maximum absolute atomic E-state index is 12.0. The van der Waals surface area contributed by atoms with E-state index in [1.165, 1.54) is 0 Å². The van der Waals surface area contributed by atoms with Gasteiger partial charge in [0.15, 0.2) is 0 Å². The minimum absolute atomic E-state index is 0.122. The lowest BCUT2D eigenvalue weighted by atomic mass is 10.1. The highest BCUT2D eigenvalue weighted by Crippen LogP contribution is 2.22. The van der Waals surface area contributed by atoms with Gasteiger partial charge < -0.3 is 9.84 Å². The first-order valence-corrected chi connectivity index (χ1v) is 6.41. The molecule has 0 radical (unpaired) electrons. The van der Waals surface area contributed by atoms with Crippen molar-refractivity contribution in [2.75, 3.05) is 19.7 Å². The molecule has 0 spiro atoms. The van der Waals surface area contributed by atoms with Crippen LogP contribution in [0.25, 0.3) is 0 Å². The number of carbonyl (C=O) groups is 1. The van der Waals surface area contributed by atoms with Crippen LogP contribution in [0.4, 0.5) is 0 Å². The highest BCUT2D eigenvalue weighted by molar-refractivity contribution is 5.76. The van der Waals surface area contributed by atoms with Crippen LogP contribution in [-0.2, 0) is 9.53 Å². The summed E-state index contributed by atoms with van der Waals surface area (Å²) in [6.07, 6.45) is 1.90. The lowest BCUT2D eigenvalue weighted by molar-refractivity contribution is -0.160. The second kappa shape index (κ2) is 5.83. The Labute approximate surface area is 104 Å². The number of aliphatic hydroxyl groups is 1. The summed E-state index contributed by atoms with van der Waals surface area (Å²) in [6.45, 7) is 9.51. The first-order chi connectivity index (χ1) is 7.83. The molecule has 0 aliphatic carbocycles. The van der Waals surface area contributed by atoms with E-state index in [1.807, 2.05) is 27.7 Å². The Kier molecular flexibility index (Phi) is 4.95. The fourth-order valence-corrected chi connectivity index (χ4v) is 2.14. The van der Waals surface area contributed by atoms with Gasteiger partial charge in [0, 0.05) is 13.2 Å². The summed E-state index contributed by atoms with van der Waals surface area (Å²) in [7, 11) is 0. The minimum atomic E-state index is -0.423. The van der Waals surface area contributed by atoms with Gasteiger partial charge in [-0.25, -0.2) is 0 Å². The highest BCUT2D eigenvalue weighted by Gasteiger charge is 2.34. The van der Waals surface area contributed by atoms with Crippen LogP contribution in [0.15, 0.2) is 0 Å². The fourth-order valence-electron chi connectivity index (χ4n) is 2.14. The van der Waals surface area contributed by atoms with E-state index in [1.54, 1.807) is 0 Å². The predicted octanol–water partition coefficient (Wildman–Crippen LogP) is 1.42. The van der Waals surface area contributed by atoms with Gasteiger partial charge in [-0.2, -0.15) is 0 Å². The van der Waals surface area contributed by atoms with Crippen molar-refractivity contribution < 1.29 is 14.6 Å². The summed E-state index contributed by atoms with van der Waals surface area (Å²) >= 11 is 0. The smallest absolute Gasteiger partial charge is 0.323 e. The zero-order valence-corrected chi connectivity index (χ0v) is 11.4. The third-order valence-electron chi connectivity index (χ3n) is 2.90. The number of esters is 1. The molecule has 4 nitrogen and oxygen atoms in total. The molecule has 0 aromatic rings. The molecule has 1 N–H and O–H groups in total. The Morgan fingerprint density at radius 3 is 2.71 bits per heavy atom. The van der Waals surface area contributed by atoms with Gasteiger partial charge in [0.1, 0.15) is 11.6 Å². The van der Waals surface area contributed by atoms with Gasteiger partial charge in [0.05, 0.1) is 0 Å². The van der Waals surface area contributed by atoms with Gasteiger partial charge in [-0.3, -0.25) is 9.69 Å². The normalized spacial score (nSPS) is 23.7. The zero-order chi connectivity index (χ0) is 13.1. The Morgan fingerprint density at radius 1 is 1.53 bits per heavy atom. The molecule has 1 heterocycles. The standard InChI is InChI=1S/C13H25NO3/c1-10(9-15)8-14-7-5-6-11(14)12(16)17-13(2,3)4/h10-11,15H,5-9H2,1-4H3/t10?,11-/m1/s1. The fraction of sp³-hybridized carbons (Fsp3) is 0.923. The van der Waals surface area contributed by atoms with E-state index in [9.17, 15) is 4.79 Å². The Morgan fingerprint density at radius 2 is 2.18 bits per heavy atom. The summed E-state index contributed by atoms with van der Waals surface area (Å²) in [4.78, 5) is 14.1. The van der Waals surface area contributed by atoms with E-state index in [4.69, 9.17) is 9.84 Å². The van der Waals surface area contributed by atoms with Crippen LogP contribution in [0.2, 0.25) is 0 Å². The summed E-state index contributed by atoms with van der Waals surface area (Å²) < 4.78 is 5.42. The molecule has 0 aromatic heterocycles. The lowest BCUT2D eigenvalue weighted by Gasteiger charge is -2.28. The molecule has 2 atom stereocenters. The van der Waals surface area contributed by atoms with E-state index in [0.29, 0.717) is 0 Å². The van der Waals surface area contributed by atoms with E-state index in [0.717, 1.165) is 25.9 Å². The summed E-state index contributed by atoms with van der Waals surface area (Å²) in [5.74, 6) is 0.0816. The predicted molar refractivity (Wildman–Crippen MR) is 66.7 cm³/mol. The molecule has 1 saturated heterocycles. The van der Waals surface area contributed by atoms with Crippen molar-refractivity contribution in [3.05, 3.63) is 0 Å². The van der Waals surface area contributed by atoms with Crippen LogP contribution in [0.5, 0.6) is 0 Å². The summed E-state index contributed by atoms with van der Waals surface area (Å²) in [6, 6.07) is -0.122. The third-order valence-corrected chi connectivity index (χ3v) is 2.90. The average molecular weight is 243 g/mol. The van der Waals surface area contributed by atoms with Crippen LogP contribution in [0, 0.1) is 5.92 Å². The minimum Gasteiger partial charge on any atom is -0.459 e. The van der Waals surface area contributed by atoms with Crippen molar-refractivity contribution in [3.63, 3.8) is 0 Å². The first-order valence-electron chi connectivity index (χ1n) is 6.41. The molecule has 4 heteroatoms. The van der Waals surface area contributed by atoms with Gasteiger partial charge in [-0.1, -0.05) is 6.92 Å². The maximum atomic E-state index is 12.0. The second-order valence-electron chi connectivity index (χ2n) is 5.97. The van der Waals surface area contributed by atoms with Gasteiger partial charge in [-0.05, 0) is 46.1 Å². The highest BCUT2D eigenvalue weighted by atomic mass is 16.6. The Hall–Kier alpha value is -0.610. The third kappa shape index (κ3) is 4.64. The number of rotatable bonds is 4. The summed E-state index contributed by atoms with van der Waals surface area (Å²) in [5.41, 5.74) is -0.423. The SMILES string of the molecule is CC(CO)CN1CCC[C@@H]1C(=O)OC(C)(C)C. The van der Waals surface area contributed by atoms with Gasteiger partial charge >= 0.3 is 5.97 Å². The molecular weight excluding hydrogens is 218 g/mol. The van der Waals surface area contributed by atoms with Gasteiger partial charge in [0.25, 0.3) is 0 Å². The van der Waals surface area contributed by atoms with Crippen LogP contribution >= 0.6 is 0 Å². The second-order valence-corrected chi connectivity index (χ2v) is 5.97. The number of hydrogen-bond acceptors (Lipinski definition) is 4. The van der Waals surface area contributed by atoms with Gasteiger partial charge in [0.2, 0.25) is 0 Å². The van der Waals surface area contributed by atoms with Crippen molar-refractivity contribution in [1.29, 1.82) is 0 Å². The van der Waals surface area contributed by atoms with Crippen molar-refractivity contribution in [2.24, 2.45) is 5.92 Å². The van der Waals surface area contributed by atoms with Crippen molar-refractivity contribution >= 4 is 5.97 Å². The van der Waals surface area contributed by atoms with Crippen LogP contribution in [-0.4, -0.2) is 47.3 Å². The maximum Gasteiger partial charge on any atom is 0.323 e. The Bertz CT molecular complexity index is 260. The Balaban J connectivity index is 2.54. The molecule has 1 fully saturated rings. The number of likely N-dealkylation sites (tertiary alicyclic amines) is 1. The quantitative estimate of drug-likeness (QED) is 0.759. The number of nitrogens with zero attached hydrogens (tertiary/aromatic N) is 1. The van der Waals surface area contributed by atoms with Crippen LogP contribution in [0.3, 0.4) is 0 Å². The number of aliphatic hydroxyl groups excluding tert-OH is 1. The van der Waals surface area contributed by atoms with Crippen molar-refractivity contribution in [2.45, 2.75) is 52.2 Å². The largest absolute Gasteiger partial charge is 0.459 e. The number of hydrogen-bond donors (Lipinski definition) is 1. The number of ether oxygens (including phenoxy) is 1. The number of carbonyl (C=O) groups excluding carboxylic acids is 1. The average Bonchev–Trinajstić information content (AvgIpc) is 2.63. The molecule has 0 saturated carbocycles. The van der Waals surface area contributed by atoms with E-state index in [-0.39, 0.29) is 24.5 Å². The van der Waals surface area contributed by atoms with Crippen LogP contribution < -0.4 is 0 Å². The molecule has 1 rings (SSSR count). The summed E-state index contributed by atoms with van der Waals surface area (Å²) in [5, 5.41) is 9.06. The van der Waals surface area contributed by atoms with Crippen molar-refractivity contribution in [1.82, 2.24) is 4.90 Å². The van der Waals surface area contributed by atoms with E-state index < -0.39 is 5.60 Å². The molecule has 1 aliphatic rings. The first kappa shape index (κ1) is 14.5. The molecule has 1 unspecified atom stereocenters.